The van der Waals surface area contributed by atoms with Gasteiger partial charge in [0, 0.05) is 23.3 Å². The standard InChI is InChI=1S/C11H13N3O3/c1-2-3-6-12-11(15)8-4-5-9-10(7-8)14(16)17-13-9/h4-5,7H,2-3,6H2,1H3,(H,12,15). The van der Waals surface area contributed by atoms with Crippen LogP contribution in [0.1, 0.15) is 30.1 Å². The van der Waals surface area contributed by atoms with E-state index in [-0.39, 0.29) is 16.3 Å². The van der Waals surface area contributed by atoms with E-state index in [9.17, 15) is 10.0 Å². The third kappa shape index (κ3) is 2.35. The minimum atomic E-state index is -0.193. The molecule has 0 unspecified atom stereocenters. The van der Waals surface area contributed by atoms with E-state index >= 15 is 0 Å². The topological polar surface area (TPSA) is 82.1 Å². The first-order valence-corrected chi connectivity index (χ1v) is 5.50. The molecule has 1 N–H and O–H groups in total. The highest BCUT2D eigenvalue weighted by atomic mass is 16.8. The molecule has 17 heavy (non-hydrogen) atoms. The zero-order valence-electron chi connectivity index (χ0n) is 9.47. The van der Waals surface area contributed by atoms with E-state index in [1.165, 1.54) is 6.07 Å². The molecule has 0 saturated carbocycles. The first-order valence-electron chi connectivity index (χ1n) is 5.50. The highest BCUT2D eigenvalue weighted by Gasteiger charge is 2.13. The lowest BCUT2D eigenvalue weighted by Gasteiger charge is -2.03. The summed E-state index contributed by atoms with van der Waals surface area (Å²) in [5.74, 6) is -0.193. The number of hydrogen-bond donors (Lipinski definition) is 1. The molecule has 0 aliphatic rings. The summed E-state index contributed by atoms with van der Waals surface area (Å²) in [4.78, 5) is 12.0. The molecule has 0 spiro atoms. The molecule has 0 fully saturated rings. The maximum absolute atomic E-state index is 11.7. The van der Waals surface area contributed by atoms with Crippen LogP contribution in [0.5, 0.6) is 0 Å². The molecule has 0 atom stereocenters. The fourth-order valence-electron chi connectivity index (χ4n) is 1.49. The van der Waals surface area contributed by atoms with Crippen LogP contribution in [0.15, 0.2) is 22.8 Å². The quantitative estimate of drug-likeness (QED) is 0.632. The fraction of sp³-hybridized carbons (Fsp3) is 0.364. The van der Waals surface area contributed by atoms with Gasteiger partial charge in [0.05, 0.1) is 0 Å². The second-order valence-corrected chi connectivity index (χ2v) is 3.74. The zero-order chi connectivity index (χ0) is 12.3. The van der Waals surface area contributed by atoms with Crippen molar-refractivity contribution >= 4 is 16.9 Å². The normalized spacial score (nSPS) is 10.6. The predicted octanol–water partition coefficient (Wildman–Crippen LogP) is 0.991. The van der Waals surface area contributed by atoms with Gasteiger partial charge >= 0.3 is 0 Å². The molecular formula is C11H13N3O3. The van der Waals surface area contributed by atoms with Gasteiger partial charge in [-0.25, -0.2) is 0 Å². The molecule has 0 saturated heterocycles. The fourth-order valence-corrected chi connectivity index (χ4v) is 1.49. The Hall–Kier alpha value is -2.11. The number of carbonyl (C=O) groups excluding carboxylic acids is 1. The van der Waals surface area contributed by atoms with E-state index in [4.69, 9.17) is 0 Å². The van der Waals surface area contributed by atoms with Crippen LogP contribution in [-0.4, -0.2) is 17.6 Å². The first-order chi connectivity index (χ1) is 8.22. The van der Waals surface area contributed by atoms with E-state index < -0.39 is 0 Å². The molecule has 1 aromatic carbocycles. The lowest BCUT2D eigenvalue weighted by Crippen LogP contribution is -2.26. The number of aromatic nitrogens is 2. The van der Waals surface area contributed by atoms with Crippen LogP contribution in [0, 0.1) is 5.21 Å². The van der Waals surface area contributed by atoms with Crippen LogP contribution < -0.4 is 10.2 Å². The van der Waals surface area contributed by atoms with Crippen LogP contribution in [0.2, 0.25) is 0 Å². The number of hydrogen-bond acceptors (Lipinski definition) is 4. The van der Waals surface area contributed by atoms with Crippen molar-refractivity contribution in [2.45, 2.75) is 19.8 Å². The first kappa shape index (κ1) is 11.4. The summed E-state index contributed by atoms with van der Waals surface area (Å²) in [7, 11) is 0. The molecular weight excluding hydrogens is 222 g/mol. The number of fused-ring (bicyclic) bond motifs is 1. The Balaban J connectivity index is 2.17. The van der Waals surface area contributed by atoms with Crippen LogP contribution in [0.25, 0.3) is 11.0 Å². The average molecular weight is 235 g/mol. The van der Waals surface area contributed by atoms with Gasteiger partial charge in [-0.15, -0.1) is 0 Å². The molecule has 0 aliphatic carbocycles. The lowest BCUT2D eigenvalue weighted by atomic mass is 10.2. The van der Waals surface area contributed by atoms with Crippen molar-refractivity contribution in [3.63, 3.8) is 0 Å². The summed E-state index contributed by atoms with van der Waals surface area (Å²) in [5, 5.41) is 17.5. The van der Waals surface area contributed by atoms with Crippen molar-refractivity contribution in [1.82, 2.24) is 10.5 Å². The number of benzene rings is 1. The Kier molecular flexibility index (Phi) is 3.22. The molecule has 1 aromatic heterocycles. The van der Waals surface area contributed by atoms with Gasteiger partial charge in [-0.3, -0.25) is 9.42 Å². The van der Waals surface area contributed by atoms with Crippen LogP contribution in [-0.2, 0) is 0 Å². The van der Waals surface area contributed by atoms with Gasteiger partial charge < -0.3 is 10.5 Å². The van der Waals surface area contributed by atoms with Crippen LogP contribution in [0.4, 0.5) is 0 Å². The van der Waals surface area contributed by atoms with Crippen LogP contribution >= 0.6 is 0 Å². The molecule has 2 rings (SSSR count). The van der Waals surface area contributed by atoms with Crippen molar-refractivity contribution in [2.24, 2.45) is 0 Å². The summed E-state index contributed by atoms with van der Waals surface area (Å²) in [6.07, 6.45) is 1.95. The number of carbonyl (C=O) groups is 1. The second-order valence-electron chi connectivity index (χ2n) is 3.74. The molecule has 0 aliphatic heterocycles. The molecule has 1 amide bonds. The largest absolute Gasteiger partial charge is 0.359 e. The number of unbranched alkanes of at least 4 members (excludes halogenated alkanes) is 1. The van der Waals surface area contributed by atoms with Gasteiger partial charge in [0.15, 0.2) is 0 Å². The van der Waals surface area contributed by atoms with Crippen molar-refractivity contribution in [3.05, 3.63) is 29.0 Å². The smallest absolute Gasteiger partial charge is 0.251 e. The predicted molar refractivity (Wildman–Crippen MR) is 60.2 cm³/mol. The minimum absolute atomic E-state index is 0.193. The van der Waals surface area contributed by atoms with Crippen LogP contribution in [0.3, 0.4) is 0 Å². The van der Waals surface area contributed by atoms with Gasteiger partial charge in [0.2, 0.25) is 11.0 Å². The monoisotopic (exact) mass is 235 g/mol. The van der Waals surface area contributed by atoms with E-state index in [1.54, 1.807) is 12.1 Å². The number of rotatable bonds is 4. The Morgan fingerprint density at radius 2 is 2.41 bits per heavy atom. The van der Waals surface area contributed by atoms with Gasteiger partial charge in [-0.2, -0.15) is 0 Å². The van der Waals surface area contributed by atoms with Crippen molar-refractivity contribution in [2.75, 3.05) is 6.54 Å². The molecule has 1 heterocycles. The van der Waals surface area contributed by atoms with Gasteiger partial charge in [-0.05, 0) is 23.5 Å². The SMILES string of the molecule is CCCCNC(=O)c1ccc2no[n+]([O-])c2c1. The van der Waals surface area contributed by atoms with Gasteiger partial charge in [-0.1, -0.05) is 13.3 Å². The van der Waals surface area contributed by atoms with Gasteiger partial charge in [0.1, 0.15) is 0 Å². The van der Waals surface area contributed by atoms with E-state index in [0.29, 0.717) is 17.6 Å². The summed E-state index contributed by atoms with van der Waals surface area (Å²) >= 11 is 0. The lowest BCUT2D eigenvalue weighted by molar-refractivity contribution is -0.782. The maximum atomic E-state index is 11.7. The maximum Gasteiger partial charge on any atom is 0.251 e. The van der Waals surface area contributed by atoms with E-state index in [1.807, 2.05) is 0 Å². The summed E-state index contributed by atoms with van der Waals surface area (Å²) in [6.45, 7) is 2.68. The molecule has 6 nitrogen and oxygen atoms in total. The summed E-state index contributed by atoms with van der Waals surface area (Å²) in [6, 6.07) is 4.67. The molecule has 0 bridgehead atoms. The Morgan fingerprint density at radius 3 is 3.18 bits per heavy atom. The summed E-state index contributed by atoms with van der Waals surface area (Å²) < 4.78 is 4.43. The van der Waals surface area contributed by atoms with E-state index in [0.717, 1.165) is 12.8 Å². The van der Waals surface area contributed by atoms with Crippen molar-refractivity contribution < 1.29 is 14.3 Å². The summed E-state index contributed by atoms with van der Waals surface area (Å²) in [5.41, 5.74) is 1.12. The van der Waals surface area contributed by atoms with Gasteiger partial charge in [0.25, 0.3) is 5.91 Å². The molecule has 2 aromatic rings. The minimum Gasteiger partial charge on any atom is -0.359 e. The number of nitrogens with zero attached hydrogens (tertiary/aromatic N) is 2. The number of nitrogens with one attached hydrogen (secondary N) is 1. The molecule has 0 radical (unpaired) electrons. The molecule has 90 valence electrons. The highest BCUT2D eigenvalue weighted by Crippen LogP contribution is 2.10. The highest BCUT2D eigenvalue weighted by molar-refractivity contribution is 5.96. The second kappa shape index (κ2) is 4.82. The zero-order valence-corrected chi connectivity index (χ0v) is 9.47. The third-order valence-electron chi connectivity index (χ3n) is 2.46. The Labute approximate surface area is 97.7 Å². The van der Waals surface area contributed by atoms with Crippen molar-refractivity contribution in [3.8, 4) is 0 Å². The third-order valence-corrected chi connectivity index (χ3v) is 2.46. The average Bonchev–Trinajstić information content (AvgIpc) is 2.71. The Morgan fingerprint density at radius 1 is 1.59 bits per heavy atom. The molecule has 6 heteroatoms. The van der Waals surface area contributed by atoms with E-state index in [2.05, 4.69) is 22.0 Å². The number of amides is 1. The van der Waals surface area contributed by atoms with Crippen molar-refractivity contribution in [1.29, 1.82) is 0 Å². The Bertz CT molecular complexity index is 536.